The lowest BCUT2D eigenvalue weighted by molar-refractivity contribution is 0.123. The van der Waals surface area contributed by atoms with Crippen molar-refractivity contribution >= 4 is 15.0 Å². The fourth-order valence-electron chi connectivity index (χ4n) is 1.91. The van der Waals surface area contributed by atoms with Gasteiger partial charge in [-0.2, -0.15) is 0 Å². The number of aromatic hydroxyl groups is 1. The van der Waals surface area contributed by atoms with Gasteiger partial charge in [-0.25, -0.2) is 0 Å². The van der Waals surface area contributed by atoms with Crippen molar-refractivity contribution < 1.29 is 23.1 Å². The van der Waals surface area contributed by atoms with E-state index in [-0.39, 0.29) is 5.75 Å². The highest BCUT2D eigenvalue weighted by Gasteiger charge is 2.36. The van der Waals surface area contributed by atoms with Gasteiger partial charge in [-0.1, -0.05) is 6.07 Å². The number of phenolic OH excluding ortho intramolecular Hbond substituents is 1. The van der Waals surface area contributed by atoms with Crippen LogP contribution in [-0.2, 0) is 13.3 Å². The smallest absolute Gasteiger partial charge is 0.500 e. The third kappa shape index (κ3) is 4.82. The van der Waals surface area contributed by atoms with Gasteiger partial charge in [0.15, 0.2) is 11.5 Å². The molecule has 0 fully saturated rings. The lowest BCUT2D eigenvalue weighted by Crippen LogP contribution is -2.42. The van der Waals surface area contributed by atoms with Crippen LogP contribution >= 0.6 is 0 Å². The largest absolute Gasteiger partial charge is 0.504 e. The first kappa shape index (κ1) is 17.6. The van der Waals surface area contributed by atoms with Gasteiger partial charge in [-0.05, 0) is 18.6 Å². The molecule has 1 aromatic carbocycles. The van der Waals surface area contributed by atoms with Gasteiger partial charge in [0.1, 0.15) is 0 Å². The van der Waals surface area contributed by atoms with E-state index in [4.69, 9.17) is 18.0 Å². The first-order valence-corrected chi connectivity index (χ1v) is 8.57. The van der Waals surface area contributed by atoms with Crippen molar-refractivity contribution in [1.29, 1.82) is 0 Å². The normalized spacial score (nSPS) is 12.0. The van der Waals surface area contributed by atoms with E-state index in [1.165, 1.54) is 7.11 Å². The molecule has 0 aliphatic carbocycles. The number of aliphatic imine (C=N–C) groups is 1. The predicted octanol–water partition coefficient (Wildman–Crippen LogP) is 2.09. The van der Waals surface area contributed by atoms with Crippen LogP contribution in [0.4, 0.5) is 0 Å². The third-order valence-electron chi connectivity index (χ3n) is 3.18. The van der Waals surface area contributed by atoms with Crippen molar-refractivity contribution in [2.24, 2.45) is 4.99 Å². The molecule has 1 aromatic rings. The molecule has 0 bridgehead atoms. The third-order valence-corrected chi connectivity index (χ3v) is 6.02. The van der Waals surface area contributed by atoms with Gasteiger partial charge in [0, 0.05) is 45.7 Å². The Balaban J connectivity index is 2.53. The summed E-state index contributed by atoms with van der Waals surface area (Å²) in [6.07, 6.45) is 2.41. The van der Waals surface area contributed by atoms with Crippen LogP contribution in [-0.4, -0.2) is 55.1 Å². The summed E-state index contributed by atoms with van der Waals surface area (Å²) < 4.78 is 21.1. The first-order chi connectivity index (χ1) is 10.1. The average Bonchev–Trinajstić information content (AvgIpc) is 2.53. The molecule has 0 aliphatic heterocycles. The van der Waals surface area contributed by atoms with Crippen LogP contribution in [0.25, 0.3) is 0 Å². The van der Waals surface area contributed by atoms with E-state index in [1.54, 1.807) is 45.7 Å². The molecular weight excluding hydrogens is 290 g/mol. The highest BCUT2D eigenvalue weighted by molar-refractivity contribution is 6.60. The molecule has 118 valence electrons. The maximum Gasteiger partial charge on any atom is 0.500 e. The maximum atomic E-state index is 9.92. The van der Waals surface area contributed by atoms with Crippen molar-refractivity contribution in [3.8, 4) is 11.5 Å². The van der Waals surface area contributed by atoms with E-state index < -0.39 is 8.80 Å². The Bertz CT molecular complexity index is 454. The average molecular weight is 313 g/mol. The van der Waals surface area contributed by atoms with Crippen LogP contribution in [0.3, 0.4) is 0 Å². The Morgan fingerprint density at radius 2 is 1.81 bits per heavy atom. The van der Waals surface area contributed by atoms with E-state index in [9.17, 15) is 5.11 Å². The molecule has 0 saturated heterocycles. The van der Waals surface area contributed by atoms with Crippen molar-refractivity contribution in [1.82, 2.24) is 0 Å². The van der Waals surface area contributed by atoms with E-state index in [0.717, 1.165) is 6.42 Å². The number of para-hydroxylation sites is 1. The van der Waals surface area contributed by atoms with Crippen LogP contribution in [0, 0.1) is 0 Å². The van der Waals surface area contributed by atoms with Crippen molar-refractivity contribution in [2.45, 2.75) is 12.5 Å². The number of ether oxygens (including phenoxy) is 1. The second kappa shape index (κ2) is 8.78. The van der Waals surface area contributed by atoms with Crippen LogP contribution in [0.15, 0.2) is 23.2 Å². The Morgan fingerprint density at radius 3 is 2.38 bits per heavy atom. The highest BCUT2D eigenvalue weighted by atomic mass is 28.4. The first-order valence-electron chi connectivity index (χ1n) is 6.63. The monoisotopic (exact) mass is 313 g/mol. The van der Waals surface area contributed by atoms with Gasteiger partial charge in [0.2, 0.25) is 0 Å². The lowest BCUT2D eigenvalue weighted by atomic mass is 10.2. The molecule has 6 nitrogen and oxygen atoms in total. The van der Waals surface area contributed by atoms with Crippen LogP contribution in [0.5, 0.6) is 11.5 Å². The number of hydrogen-bond acceptors (Lipinski definition) is 6. The Morgan fingerprint density at radius 1 is 1.14 bits per heavy atom. The van der Waals surface area contributed by atoms with Crippen LogP contribution < -0.4 is 4.74 Å². The molecule has 1 rings (SSSR count). The fourth-order valence-corrected chi connectivity index (χ4v) is 3.62. The van der Waals surface area contributed by atoms with E-state index in [1.807, 2.05) is 0 Å². The van der Waals surface area contributed by atoms with Crippen molar-refractivity contribution in [3.05, 3.63) is 23.8 Å². The summed E-state index contributed by atoms with van der Waals surface area (Å²) in [6.45, 7) is 0.599. The molecule has 0 aromatic heterocycles. The minimum absolute atomic E-state index is 0.0955. The van der Waals surface area contributed by atoms with Crippen molar-refractivity contribution in [3.63, 3.8) is 0 Å². The molecule has 0 aliphatic rings. The standard InChI is InChI=1S/C14H23NO5Si/c1-17-13-8-5-7-12(14(13)16)11-15-9-6-10-21(18-2,19-3)20-4/h5,7-8,11,16H,6,9-10H2,1-4H3. The number of nitrogens with zero attached hydrogens (tertiary/aromatic N) is 1. The zero-order valence-electron chi connectivity index (χ0n) is 13.0. The second-order valence-electron chi connectivity index (χ2n) is 4.33. The number of phenols is 1. The molecule has 0 atom stereocenters. The summed E-state index contributed by atoms with van der Waals surface area (Å²) in [4.78, 5) is 4.30. The molecule has 0 saturated carbocycles. The Kier molecular flexibility index (Phi) is 7.38. The summed E-state index contributed by atoms with van der Waals surface area (Å²) in [5, 5.41) is 9.92. The van der Waals surface area contributed by atoms with Crippen molar-refractivity contribution in [2.75, 3.05) is 35.0 Å². The van der Waals surface area contributed by atoms with Gasteiger partial charge >= 0.3 is 8.80 Å². The molecule has 1 N–H and O–H groups in total. The molecule has 0 heterocycles. The minimum Gasteiger partial charge on any atom is -0.504 e. The maximum absolute atomic E-state index is 9.92. The van der Waals surface area contributed by atoms with Crippen LogP contribution in [0.2, 0.25) is 6.04 Å². The molecule has 0 amide bonds. The van der Waals surface area contributed by atoms with Crippen LogP contribution in [0.1, 0.15) is 12.0 Å². The lowest BCUT2D eigenvalue weighted by Gasteiger charge is -2.23. The van der Waals surface area contributed by atoms with Gasteiger partial charge in [0.05, 0.1) is 7.11 Å². The van der Waals surface area contributed by atoms with Gasteiger partial charge in [0.25, 0.3) is 0 Å². The Hall–Kier alpha value is -1.41. The molecule has 0 spiro atoms. The summed E-state index contributed by atoms with van der Waals surface area (Å²) in [5.41, 5.74) is 0.628. The van der Waals surface area contributed by atoms with E-state index in [0.29, 0.717) is 23.9 Å². The zero-order valence-corrected chi connectivity index (χ0v) is 14.0. The number of rotatable bonds is 9. The Labute approximate surface area is 126 Å². The molecule has 0 radical (unpaired) electrons. The predicted molar refractivity (Wildman–Crippen MR) is 83.3 cm³/mol. The number of methoxy groups -OCH3 is 1. The summed E-state index contributed by atoms with van der Waals surface area (Å²) >= 11 is 0. The van der Waals surface area contributed by atoms with Gasteiger partial charge < -0.3 is 23.1 Å². The quantitative estimate of drug-likeness (QED) is 0.429. The summed E-state index contributed by atoms with van der Waals surface area (Å²) in [5.74, 6) is 0.529. The molecule has 0 unspecified atom stereocenters. The van der Waals surface area contributed by atoms with Gasteiger partial charge in [-0.3, -0.25) is 4.99 Å². The molecule has 7 heteroatoms. The van der Waals surface area contributed by atoms with E-state index >= 15 is 0 Å². The fraction of sp³-hybridized carbons (Fsp3) is 0.500. The number of benzene rings is 1. The molecule has 21 heavy (non-hydrogen) atoms. The molecular formula is C14H23NO5Si. The summed E-state index contributed by atoms with van der Waals surface area (Å²) in [7, 11) is 3.78. The van der Waals surface area contributed by atoms with Gasteiger partial charge in [-0.15, -0.1) is 0 Å². The minimum atomic E-state index is -2.52. The topological polar surface area (TPSA) is 69.5 Å². The highest BCUT2D eigenvalue weighted by Crippen LogP contribution is 2.28. The second-order valence-corrected chi connectivity index (χ2v) is 7.42. The van der Waals surface area contributed by atoms with E-state index in [2.05, 4.69) is 4.99 Å². The zero-order chi connectivity index (χ0) is 15.7. The summed E-state index contributed by atoms with van der Waals surface area (Å²) in [6, 6.07) is 5.97. The SMILES string of the molecule is COc1cccc(C=NCCC[Si](OC)(OC)OC)c1O. The number of hydrogen-bond donors (Lipinski definition) is 1.